The topological polar surface area (TPSA) is 255 Å². The number of morpholine rings is 1. The predicted octanol–water partition coefficient (Wildman–Crippen LogP) is -3.27. The Morgan fingerprint density at radius 2 is 0.931 bits per heavy atom. The molecule has 10 fully saturated rings. The first-order valence-electron chi connectivity index (χ1n) is 20.2. The van der Waals surface area contributed by atoms with Gasteiger partial charge in [-0.2, -0.15) is 0 Å². The SMILES string of the molecule is CO[C@H]1C2NC[C@@]1(CO)O[C@H]2C.CO[C@H]1C2OC[C@@]1(CO)O[C@H]2C.CO[C@H]1C2SC[C@@]1(CO)O[C@H]2C.C[C@@H]1O[C@@]2(CO)COC1[C@@H]2O.C[C@@H]1O[C@@]2(CO)COC1[C@H]2O. The second kappa shape index (κ2) is 18.4. The molecule has 10 aliphatic heterocycles. The van der Waals surface area contributed by atoms with E-state index in [-0.39, 0.29) is 106 Å². The molecule has 10 aliphatic rings. The average molecular weight is 858 g/mol. The van der Waals surface area contributed by atoms with Crippen LogP contribution in [0.4, 0.5) is 0 Å². The van der Waals surface area contributed by atoms with Crippen LogP contribution in [0.1, 0.15) is 34.6 Å². The Kier molecular flexibility index (Phi) is 14.9. The second-order valence-electron chi connectivity index (χ2n) is 17.1. The second-order valence-corrected chi connectivity index (χ2v) is 18.3. The van der Waals surface area contributed by atoms with Crippen LogP contribution in [-0.4, -0.2) is 241 Å². The van der Waals surface area contributed by atoms with Gasteiger partial charge in [-0.15, -0.1) is 11.8 Å². The van der Waals surface area contributed by atoms with Crippen LogP contribution in [0, 0.1) is 0 Å². The van der Waals surface area contributed by atoms with Gasteiger partial charge in [0.2, 0.25) is 0 Å². The number of hydrogen-bond donors (Lipinski definition) is 8. The maximum Gasteiger partial charge on any atom is 0.143 e. The molecular weight excluding hydrogens is 790 g/mol. The summed E-state index contributed by atoms with van der Waals surface area (Å²) in [5.74, 6) is 0.858. The first kappa shape index (κ1) is 47.1. The molecule has 10 rings (SSSR count). The minimum atomic E-state index is -0.829. The fraction of sp³-hybridized carbons (Fsp3) is 1.00. The third-order valence-electron chi connectivity index (χ3n) is 13.5. The zero-order valence-corrected chi connectivity index (χ0v) is 35.6. The Balaban J connectivity index is 0.000000122. The van der Waals surface area contributed by atoms with Crippen molar-refractivity contribution in [1.29, 1.82) is 0 Å². The van der Waals surface area contributed by atoms with Crippen LogP contribution in [0.5, 0.6) is 0 Å². The lowest BCUT2D eigenvalue weighted by atomic mass is 10.00. The summed E-state index contributed by atoms with van der Waals surface area (Å²) in [5.41, 5.74) is -3.16. The van der Waals surface area contributed by atoms with Gasteiger partial charge in [-0.3, -0.25) is 0 Å². The van der Waals surface area contributed by atoms with Gasteiger partial charge in [-0.05, 0) is 34.6 Å². The van der Waals surface area contributed by atoms with Gasteiger partial charge < -0.3 is 93.2 Å². The smallest absolute Gasteiger partial charge is 0.143 e. The molecule has 0 aromatic rings. The quantitative estimate of drug-likeness (QED) is 0.119. The number of rotatable bonds is 8. The van der Waals surface area contributed by atoms with Gasteiger partial charge >= 0.3 is 0 Å². The van der Waals surface area contributed by atoms with Gasteiger partial charge in [0, 0.05) is 33.6 Å². The number of hydrogen-bond acceptors (Lipinski definition) is 20. The molecule has 20 atom stereocenters. The van der Waals surface area contributed by atoms with Crippen molar-refractivity contribution in [3.8, 4) is 0 Å². The summed E-state index contributed by atoms with van der Waals surface area (Å²) in [6.45, 7) is 11.1. The van der Waals surface area contributed by atoms with Gasteiger partial charge in [0.15, 0.2) is 0 Å². The maximum absolute atomic E-state index is 9.54. The maximum atomic E-state index is 9.54. The normalized spacial score (nSPS) is 53.1. The monoisotopic (exact) mass is 857 g/mol. The number of aliphatic hydroxyl groups excluding tert-OH is 7. The summed E-state index contributed by atoms with van der Waals surface area (Å²) in [6.07, 6.45) is -1.72. The molecule has 58 heavy (non-hydrogen) atoms. The molecule has 10 heterocycles. The molecule has 0 amide bonds. The van der Waals surface area contributed by atoms with Crippen molar-refractivity contribution in [1.82, 2.24) is 5.32 Å². The fourth-order valence-corrected chi connectivity index (χ4v) is 11.9. The highest BCUT2D eigenvalue weighted by Gasteiger charge is 2.63. The van der Waals surface area contributed by atoms with Gasteiger partial charge in [-0.1, -0.05) is 0 Å². The molecule has 10 bridgehead atoms. The first-order chi connectivity index (χ1) is 27.6. The Morgan fingerprint density at radius 1 is 0.517 bits per heavy atom. The molecule has 0 aromatic carbocycles. The van der Waals surface area contributed by atoms with E-state index in [9.17, 15) is 25.5 Å². The van der Waals surface area contributed by atoms with Crippen LogP contribution in [0.3, 0.4) is 0 Å². The molecule has 0 spiro atoms. The van der Waals surface area contributed by atoms with Crippen LogP contribution in [0.25, 0.3) is 0 Å². The molecule has 338 valence electrons. The lowest BCUT2D eigenvalue weighted by Crippen LogP contribution is -2.47. The van der Waals surface area contributed by atoms with E-state index < -0.39 is 40.2 Å². The lowest BCUT2D eigenvalue weighted by Gasteiger charge is -2.28. The summed E-state index contributed by atoms with van der Waals surface area (Å²) in [5, 5.41) is 68.3. The van der Waals surface area contributed by atoms with Crippen molar-refractivity contribution >= 4 is 11.8 Å². The van der Waals surface area contributed by atoms with E-state index in [1.807, 2.05) is 46.4 Å². The standard InChI is InChI=1S/C8H15NO3.C8H14O4.C8H14O3S.2C7H12O4/c1-5-6-7(11-2)8(4-10,12-5)3-9-6;1-5-6-7(10-2)8(3-9,12-5)4-11-6;1-5-6-7(10-2)8(3-9,11-5)4-12-6;2*1-4-5-6(9)7(2-8,11-4)3-10-5/h5-7,9-10H,3-4H2,1-2H3;2*5-7,9H,3-4H2,1-2H3;2*4-6,8-9H,2-3H2,1H3/t5-,6?,7-,8-;2*5-,6?,7-,8+;4-,5?,6+,7-;4-,5?,6-,7-/m00000/s1. The molecule has 0 aromatic heterocycles. The highest BCUT2D eigenvalue weighted by atomic mass is 32.2. The third-order valence-corrected chi connectivity index (χ3v) is 15.1. The van der Waals surface area contributed by atoms with Crippen molar-refractivity contribution in [3.63, 3.8) is 0 Å². The van der Waals surface area contributed by atoms with Crippen LogP contribution in [0.15, 0.2) is 0 Å². The fourth-order valence-electron chi connectivity index (χ4n) is 10.3. The Bertz CT molecular complexity index is 1230. The summed E-state index contributed by atoms with van der Waals surface area (Å²) in [6, 6.07) is 0.238. The summed E-state index contributed by atoms with van der Waals surface area (Å²) >= 11 is 1.85. The number of thioether (sulfide) groups is 1. The molecule has 0 aliphatic carbocycles. The van der Waals surface area contributed by atoms with E-state index in [0.717, 1.165) is 5.75 Å². The number of nitrogens with one attached hydrogen (secondary N) is 1. The number of fused-ring (bicyclic) bond motifs is 10. The van der Waals surface area contributed by atoms with E-state index in [1.54, 1.807) is 21.3 Å². The van der Waals surface area contributed by atoms with Gasteiger partial charge in [0.25, 0.3) is 0 Å². The van der Waals surface area contributed by atoms with Gasteiger partial charge in [0.1, 0.15) is 76.8 Å². The van der Waals surface area contributed by atoms with Crippen molar-refractivity contribution in [2.45, 2.75) is 153 Å². The van der Waals surface area contributed by atoms with Crippen LogP contribution >= 0.6 is 11.8 Å². The Morgan fingerprint density at radius 3 is 1.24 bits per heavy atom. The minimum absolute atomic E-state index is 0.00231. The summed E-state index contributed by atoms with van der Waals surface area (Å²) in [4.78, 5) is 0. The number of ether oxygens (including phenoxy) is 11. The molecule has 5 unspecified atom stereocenters. The molecular formula is C38H67NO18S. The predicted molar refractivity (Wildman–Crippen MR) is 203 cm³/mol. The zero-order chi connectivity index (χ0) is 42.4. The zero-order valence-electron chi connectivity index (χ0n) is 34.8. The largest absolute Gasteiger partial charge is 0.393 e. The van der Waals surface area contributed by atoms with Gasteiger partial charge in [0.05, 0.1) is 94.7 Å². The molecule has 19 nitrogen and oxygen atoms in total. The Hall–Kier alpha value is -0.410. The summed E-state index contributed by atoms with van der Waals surface area (Å²) < 4.78 is 59.6. The molecule has 8 N–H and O–H groups in total. The van der Waals surface area contributed by atoms with E-state index in [2.05, 4.69) is 5.32 Å². The first-order valence-corrected chi connectivity index (χ1v) is 21.2. The van der Waals surface area contributed by atoms with Crippen LogP contribution < -0.4 is 5.32 Å². The summed E-state index contributed by atoms with van der Waals surface area (Å²) in [7, 11) is 4.98. The number of methoxy groups -OCH3 is 3. The van der Waals surface area contributed by atoms with Crippen LogP contribution in [-0.2, 0) is 52.1 Å². The van der Waals surface area contributed by atoms with Crippen molar-refractivity contribution < 1.29 is 87.9 Å². The van der Waals surface area contributed by atoms with E-state index >= 15 is 0 Å². The molecule has 0 saturated carbocycles. The van der Waals surface area contributed by atoms with Crippen molar-refractivity contribution in [2.75, 3.05) is 86.5 Å². The average Bonchev–Trinajstić information content (AvgIpc) is 4.13. The minimum Gasteiger partial charge on any atom is -0.393 e. The van der Waals surface area contributed by atoms with E-state index in [4.69, 9.17) is 62.3 Å². The Labute approximate surface area is 344 Å². The molecule has 0 radical (unpaired) electrons. The van der Waals surface area contributed by atoms with Crippen molar-refractivity contribution in [2.24, 2.45) is 0 Å². The molecule has 10 saturated heterocycles. The van der Waals surface area contributed by atoms with Crippen LogP contribution in [0.2, 0.25) is 0 Å². The lowest BCUT2D eigenvalue weighted by molar-refractivity contribution is -0.156. The highest BCUT2D eigenvalue weighted by molar-refractivity contribution is 8.00. The van der Waals surface area contributed by atoms with Crippen molar-refractivity contribution in [3.05, 3.63) is 0 Å². The third kappa shape index (κ3) is 7.82. The van der Waals surface area contributed by atoms with E-state index in [1.165, 1.54) is 0 Å². The van der Waals surface area contributed by atoms with E-state index in [0.29, 0.717) is 31.6 Å². The van der Waals surface area contributed by atoms with Gasteiger partial charge in [-0.25, -0.2) is 0 Å². The number of aliphatic hydroxyl groups is 7. The highest BCUT2D eigenvalue weighted by Crippen LogP contribution is 2.48. The molecule has 20 heteroatoms.